The van der Waals surface area contributed by atoms with Gasteiger partial charge in [0.05, 0.1) is 31.3 Å². The van der Waals surface area contributed by atoms with E-state index in [0.29, 0.717) is 13.2 Å². The predicted molar refractivity (Wildman–Crippen MR) is 39.4 cm³/mol. The van der Waals surface area contributed by atoms with Gasteiger partial charge in [0.2, 0.25) is 0 Å². The van der Waals surface area contributed by atoms with Crippen LogP contribution in [0.5, 0.6) is 0 Å². The molecule has 0 radical (unpaired) electrons. The molecule has 0 aromatic rings. The molecule has 68 valence electrons. The highest BCUT2D eigenvalue weighted by Crippen LogP contribution is 2.49. The zero-order valence-electron chi connectivity index (χ0n) is 6.90. The third-order valence-electron chi connectivity index (χ3n) is 2.47. The predicted octanol–water partition coefficient (Wildman–Crippen LogP) is -0.445. The lowest BCUT2D eigenvalue weighted by Gasteiger charge is -2.06. The van der Waals surface area contributed by atoms with Gasteiger partial charge in [0.15, 0.2) is 0 Å². The summed E-state index contributed by atoms with van der Waals surface area (Å²) in [6.45, 7) is 2.53. The van der Waals surface area contributed by atoms with Crippen LogP contribution >= 0.6 is 0 Å². The van der Waals surface area contributed by atoms with E-state index >= 15 is 0 Å². The molecule has 1 saturated heterocycles. The van der Waals surface area contributed by atoms with Crippen molar-refractivity contribution >= 4 is 5.97 Å². The molecule has 0 aromatic heterocycles. The van der Waals surface area contributed by atoms with Gasteiger partial charge in [0, 0.05) is 5.92 Å². The van der Waals surface area contributed by atoms with E-state index in [1.54, 1.807) is 6.92 Å². The number of aliphatic hydroxyl groups excluding tert-OH is 1. The van der Waals surface area contributed by atoms with Crippen LogP contribution in [0, 0.1) is 11.8 Å². The fourth-order valence-corrected chi connectivity index (χ4v) is 1.83. The molecule has 12 heavy (non-hydrogen) atoms. The number of esters is 1. The van der Waals surface area contributed by atoms with E-state index in [9.17, 15) is 9.90 Å². The minimum Gasteiger partial charge on any atom is -0.466 e. The minimum atomic E-state index is -0.468. The molecule has 1 aliphatic carbocycles. The van der Waals surface area contributed by atoms with Gasteiger partial charge < -0.3 is 14.6 Å². The van der Waals surface area contributed by atoms with Crippen LogP contribution in [-0.2, 0) is 14.3 Å². The summed E-state index contributed by atoms with van der Waals surface area (Å²) < 4.78 is 9.99. The molecular formula is C8H12O4. The second kappa shape index (κ2) is 2.71. The Morgan fingerprint density at radius 3 is 3.00 bits per heavy atom. The SMILES string of the molecule is CCOC(=O)C1C2OCC(O)C21. The maximum absolute atomic E-state index is 11.2. The number of ether oxygens (including phenoxy) is 2. The monoisotopic (exact) mass is 172 g/mol. The molecule has 4 atom stereocenters. The van der Waals surface area contributed by atoms with Crippen molar-refractivity contribution in [2.45, 2.75) is 19.1 Å². The second-order valence-electron chi connectivity index (χ2n) is 3.22. The standard InChI is InChI=1S/C8H12O4/c1-2-11-8(10)6-5-4(9)3-12-7(5)6/h4-7,9H,2-3H2,1H3. The lowest BCUT2D eigenvalue weighted by Crippen LogP contribution is -2.19. The smallest absolute Gasteiger partial charge is 0.312 e. The van der Waals surface area contributed by atoms with Gasteiger partial charge in [0.1, 0.15) is 0 Å². The third kappa shape index (κ3) is 1.03. The number of aliphatic hydroxyl groups is 1. The molecule has 1 aliphatic heterocycles. The Morgan fingerprint density at radius 1 is 1.75 bits per heavy atom. The fourth-order valence-electron chi connectivity index (χ4n) is 1.83. The van der Waals surface area contributed by atoms with E-state index in [1.165, 1.54) is 0 Å². The van der Waals surface area contributed by atoms with E-state index in [1.807, 2.05) is 0 Å². The number of carbonyl (C=O) groups is 1. The van der Waals surface area contributed by atoms with Gasteiger partial charge in [-0.15, -0.1) is 0 Å². The normalized spacial score (nSPS) is 43.8. The van der Waals surface area contributed by atoms with Crippen LogP contribution in [-0.4, -0.2) is 36.5 Å². The summed E-state index contributed by atoms with van der Waals surface area (Å²) >= 11 is 0. The number of hydrogen-bond donors (Lipinski definition) is 1. The van der Waals surface area contributed by atoms with Crippen molar-refractivity contribution in [1.82, 2.24) is 0 Å². The molecule has 0 bridgehead atoms. The third-order valence-corrected chi connectivity index (χ3v) is 2.47. The summed E-state index contributed by atoms with van der Waals surface area (Å²) in [6, 6.07) is 0. The topological polar surface area (TPSA) is 55.8 Å². The highest BCUT2D eigenvalue weighted by Gasteiger charge is 2.64. The summed E-state index contributed by atoms with van der Waals surface area (Å²) in [6.07, 6.45) is -0.538. The molecule has 4 unspecified atom stereocenters. The van der Waals surface area contributed by atoms with Crippen LogP contribution in [0.4, 0.5) is 0 Å². The van der Waals surface area contributed by atoms with Gasteiger partial charge >= 0.3 is 5.97 Å². The quantitative estimate of drug-likeness (QED) is 0.573. The zero-order chi connectivity index (χ0) is 8.72. The van der Waals surface area contributed by atoms with Crippen molar-refractivity contribution in [2.24, 2.45) is 11.8 Å². The maximum Gasteiger partial charge on any atom is 0.312 e. The number of carbonyl (C=O) groups excluding carboxylic acids is 1. The highest BCUT2D eigenvalue weighted by atomic mass is 16.5. The molecule has 2 fully saturated rings. The Labute approximate surface area is 70.5 Å². The number of rotatable bonds is 2. The van der Waals surface area contributed by atoms with Crippen molar-refractivity contribution in [3.8, 4) is 0 Å². The zero-order valence-corrected chi connectivity index (χ0v) is 6.90. The Balaban J connectivity index is 1.90. The van der Waals surface area contributed by atoms with E-state index < -0.39 is 6.10 Å². The fraction of sp³-hybridized carbons (Fsp3) is 0.875. The van der Waals surface area contributed by atoms with Crippen molar-refractivity contribution in [1.29, 1.82) is 0 Å². The van der Waals surface area contributed by atoms with Crippen LogP contribution < -0.4 is 0 Å². The molecule has 2 rings (SSSR count). The van der Waals surface area contributed by atoms with Crippen LogP contribution in [0.25, 0.3) is 0 Å². The Hall–Kier alpha value is -0.610. The molecule has 4 heteroatoms. The van der Waals surface area contributed by atoms with E-state index in [4.69, 9.17) is 9.47 Å². The summed E-state index contributed by atoms with van der Waals surface area (Å²) in [5, 5.41) is 9.29. The van der Waals surface area contributed by atoms with Gasteiger partial charge in [-0.2, -0.15) is 0 Å². The largest absolute Gasteiger partial charge is 0.466 e. The molecule has 2 aliphatic rings. The summed E-state index contributed by atoms with van der Waals surface area (Å²) in [5.41, 5.74) is 0. The average Bonchev–Trinajstić information content (AvgIpc) is 2.65. The maximum atomic E-state index is 11.2. The molecule has 1 saturated carbocycles. The van der Waals surface area contributed by atoms with Gasteiger partial charge in [-0.3, -0.25) is 4.79 Å². The van der Waals surface area contributed by atoms with Crippen LogP contribution in [0.1, 0.15) is 6.92 Å². The lowest BCUT2D eigenvalue weighted by atomic mass is 10.2. The van der Waals surface area contributed by atoms with Crippen LogP contribution in [0.15, 0.2) is 0 Å². The van der Waals surface area contributed by atoms with Crippen molar-refractivity contribution in [3.63, 3.8) is 0 Å². The van der Waals surface area contributed by atoms with Crippen LogP contribution in [0.3, 0.4) is 0 Å². The first-order valence-corrected chi connectivity index (χ1v) is 4.22. The summed E-state index contributed by atoms with van der Waals surface area (Å²) in [5.74, 6) is -0.427. The van der Waals surface area contributed by atoms with Gasteiger partial charge in [-0.1, -0.05) is 0 Å². The summed E-state index contributed by atoms with van der Waals surface area (Å²) in [4.78, 5) is 11.2. The van der Waals surface area contributed by atoms with E-state index in [-0.39, 0.29) is 23.9 Å². The lowest BCUT2D eigenvalue weighted by molar-refractivity contribution is -0.147. The number of fused-ring (bicyclic) bond motifs is 1. The first-order valence-electron chi connectivity index (χ1n) is 4.22. The Morgan fingerprint density at radius 2 is 2.50 bits per heavy atom. The molecule has 1 N–H and O–H groups in total. The number of hydrogen-bond acceptors (Lipinski definition) is 4. The van der Waals surface area contributed by atoms with Gasteiger partial charge in [-0.05, 0) is 6.92 Å². The van der Waals surface area contributed by atoms with E-state index in [0.717, 1.165) is 0 Å². The van der Waals surface area contributed by atoms with Crippen molar-refractivity contribution in [2.75, 3.05) is 13.2 Å². The van der Waals surface area contributed by atoms with E-state index in [2.05, 4.69) is 0 Å². The average molecular weight is 172 g/mol. The second-order valence-corrected chi connectivity index (χ2v) is 3.22. The first kappa shape index (κ1) is 8.01. The Bertz CT molecular complexity index is 203. The molecule has 0 aromatic carbocycles. The minimum absolute atomic E-state index is 0.00375. The molecular weight excluding hydrogens is 160 g/mol. The van der Waals surface area contributed by atoms with Gasteiger partial charge in [0.25, 0.3) is 0 Å². The Kier molecular flexibility index (Phi) is 1.81. The molecule has 0 amide bonds. The van der Waals surface area contributed by atoms with Crippen molar-refractivity contribution < 1.29 is 19.4 Å². The van der Waals surface area contributed by atoms with Gasteiger partial charge in [-0.25, -0.2) is 0 Å². The highest BCUT2D eigenvalue weighted by molar-refractivity contribution is 5.77. The first-order chi connectivity index (χ1) is 5.75. The molecule has 4 nitrogen and oxygen atoms in total. The molecule has 1 heterocycles. The molecule has 0 spiro atoms. The van der Waals surface area contributed by atoms with Crippen LogP contribution in [0.2, 0.25) is 0 Å². The summed E-state index contributed by atoms with van der Waals surface area (Å²) in [7, 11) is 0. The van der Waals surface area contributed by atoms with Crippen molar-refractivity contribution in [3.05, 3.63) is 0 Å².